The topological polar surface area (TPSA) is 93.5 Å². The van der Waals surface area contributed by atoms with Gasteiger partial charge in [-0.15, -0.1) is 22.5 Å². The first kappa shape index (κ1) is 25.4. The highest BCUT2D eigenvalue weighted by Gasteiger charge is 2.37. The van der Waals surface area contributed by atoms with Crippen molar-refractivity contribution in [1.82, 2.24) is 4.31 Å². The van der Waals surface area contributed by atoms with Crippen LogP contribution in [0.25, 0.3) is 0 Å². The van der Waals surface area contributed by atoms with Crippen molar-refractivity contribution in [2.45, 2.75) is 42.0 Å². The van der Waals surface area contributed by atoms with Gasteiger partial charge in [0.25, 0.3) is 0 Å². The van der Waals surface area contributed by atoms with Gasteiger partial charge in [0, 0.05) is 31.4 Å². The lowest BCUT2D eigenvalue weighted by Gasteiger charge is -2.43. The van der Waals surface area contributed by atoms with Crippen molar-refractivity contribution in [2.75, 3.05) is 24.7 Å². The second-order valence-corrected chi connectivity index (χ2v) is 10.6. The summed E-state index contributed by atoms with van der Waals surface area (Å²) in [6.45, 7) is 2.64. The zero-order valence-corrected chi connectivity index (χ0v) is 20.4. The first-order valence-corrected chi connectivity index (χ1v) is 13.2. The molecule has 0 fully saturated rings. The van der Waals surface area contributed by atoms with Crippen molar-refractivity contribution in [3.8, 4) is 5.75 Å². The van der Waals surface area contributed by atoms with E-state index in [1.807, 2.05) is 36.6 Å². The van der Waals surface area contributed by atoms with E-state index in [1.165, 1.54) is 17.8 Å². The number of anilines is 2. The Morgan fingerprint density at radius 3 is 2.61 bits per heavy atom. The van der Waals surface area contributed by atoms with Gasteiger partial charge in [-0.25, -0.2) is 9.10 Å². The minimum atomic E-state index is -3.41. The monoisotopic (exact) mass is 496 g/mol. The summed E-state index contributed by atoms with van der Waals surface area (Å²) in [7, 11) is -1.71. The summed E-state index contributed by atoms with van der Waals surface area (Å²) in [4.78, 5) is 13.7. The van der Waals surface area contributed by atoms with E-state index in [0.29, 0.717) is 23.4 Å². The molecule has 180 valence electrons. The first-order chi connectivity index (χ1) is 15.7. The molecule has 1 unspecified atom stereocenters. The number of hydrogen-bond donors (Lipinski definition) is 3. The summed E-state index contributed by atoms with van der Waals surface area (Å²) in [6.07, 6.45) is 5.02. The maximum atomic E-state index is 13.5. The summed E-state index contributed by atoms with van der Waals surface area (Å²) < 4.78 is 43.2. The predicted octanol–water partition coefficient (Wildman–Crippen LogP) is 6.35. The van der Waals surface area contributed by atoms with Crippen molar-refractivity contribution < 1.29 is 28.1 Å². The van der Waals surface area contributed by atoms with Crippen molar-refractivity contribution in [3.05, 3.63) is 54.6 Å². The van der Waals surface area contributed by atoms with Crippen LogP contribution >= 0.6 is 22.5 Å². The van der Waals surface area contributed by atoms with Crippen LogP contribution in [-0.4, -0.2) is 50.4 Å². The molecule has 0 saturated carbocycles. The molecule has 0 aliphatic carbocycles. The molecule has 0 bridgehead atoms. The van der Waals surface area contributed by atoms with Gasteiger partial charge in [-0.05, 0) is 30.9 Å². The van der Waals surface area contributed by atoms with Crippen molar-refractivity contribution in [1.29, 1.82) is 0 Å². The molecular formula is C23H29FN2O5S2. The minimum Gasteiger partial charge on any atom is -0.476 e. The van der Waals surface area contributed by atoms with Crippen molar-refractivity contribution in [3.63, 3.8) is 0 Å². The molecule has 3 rings (SSSR count). The zero-order chi connectivity index (χ0) is 24.2. The average Bonchev–Trinajstić information content (AvgIpc) is 2.89. The van der Waals surface area contributed by atoms with E-state index in [-0.39, 0.29) is 16.7 Å². The van der Waals surface area contributed by atoms with Crippen LogP contribution in [0.4, 0.5) is 15.8 Å². The van der Waals surface area contributed by atoms with Gasteiger partial charge in [0.2, 0.25) is 5.83 Å². The van der Waals surface area contributed by atoms with Crippen LogP contribution in [0, 0.1) is 0 Å². The number of benzene rings is 2. The van der Waals surface area contributed by atoms with Gasteiger partial charge in [0.05, 0.1) is 10.6 Å². The number of thioether (sulfide) groups is 1. The molecule has 1 aliphatic heterocycles. The van der Waals surface area contributed by atoms with Gasteiger partial charge in [-0.2, -0.15) is 4.39 Å². The number of aliphatic carboxylic acids is 1. The molecule has 1 aliphatic rings. The molecule has 1 atom stereocenters. The number of hydrogen-bond acceptors (Lipinski definition) is 7. The molecule has 0 amide bonds. The van der Waals surface area contributed by atoms with Crippen LogP contribution in [0.3, 0.4) is 0 Å². The van der Waals surface area contributed by atoms with Gasteiger partial charge >= 0.3 is 5.97 Å². The third-order valence-electron chi connectivity index (χ3n) is 5.59. The average molecular weight is 497 g/mol. The van der Waals surface area contributed by atoms with Crippen LogP contribution in [0.2, 0.25) is 0 Å². The van der Waals surface area contributed by atoms with Crippen LogP contribution in [0.1, 0.15) is 26.2 Å². The minimum absolute atomic E-state index is 0.131. The number of para-hydroxylation sites is 1. The lowest BCUT2D eigenvalue weighted by Crippen LogP contribution is -2.39. The fraction of sp³-hybridized carbons (Fsp3) is 0.348. The zero-order valence-electron chi connectivity index (χ0n) is 18.8. The number of ether oxygens (including phenoxy) is 1. The number of rotatable bonds is 8. The third kappa shape index (κ3) is 5.47. The molecule has 1 heterocycles. The molecule has 0 radical (unpaired) electrons. The number of carboxylic acids is 1. The molecule has 3 N–H and O–H groups in total. The highest BCUT2D eigenvalue weighted by atomic mass is 32.3. The third-order valence-corrected chi connectivity index (χ3v) is 8.37. The number of unbranched alkanes of at least 4 members (excludes halogenated alkanes) is 1. The number of carboxylic acid groups (broad SMARTS) is 1. The van der Waals surface area contributed by atoms with Crippen LogP contribution in [0.5, 0.6) is 5.75 Å². The molecule has 33 heavy (non-hydrogen) atoms. The summed E-state index contributed by atoms with van der Waals surface area (Å²) >= 11 is 1.33. The van der Waals surface area contributed by atoms with Gasteiger partial charge in [0.1, 0.15) is 16.9 Å². The first-order valence-electron chi connectivity index (χ1n) is 10.5. The summed E-state index contributed by atoms with van der Waals surface area (Å²) in [6, 6.07) is 12.8. The fourth-order valence-corrected chi connectivity index (χ4v) is 5.88. The summed E-state index contributed by atoms with van der Waals surface area (Å²) in [5.41, 5.74) is 1.52. The van der Waals surface area contributed by atoms with Crippen LogP contribution in [0.15, 0.2) is 64.3 Å². The maximum Gasteiger partial charge on any atom is 0.368 e. The molecule has 10 heteroatoms. The highest BCUT2D eigenvalue weighted by molar-refractivity contribution is 8.22. The lowest BCUT2D eigenvalue weighted by molar-refractivity contribution is -0.134. The van der Waals surface area contributed by atoms with Gasteiger partial charge in [-0.1, -0.05) is 38.0 Å². The number of carbonyl (C=O) groups is 1. The van der Waals surface area contributed by atoms with E-state index < -0.39 is 22.6 Å². The Morgan fingerprint density at radius 2 is 2.00 bits per heavy atom. The number of fused-ring (bicyclic) bond motifs is 1. The SMILES string of the molecule is CCCCC1CN(c2ccccc2)c2cc(SC)c(O/C=C(\F)C(=O)O)cc2S(O)(O)N1C. The molecule has 0 aromatic heterocycles. The standard InChI is InChI=1S/C23H29FN2O5S2/c1-4-5-9-17-14-26(16-10-7-6-8-11-16)19-12-21(32-3)20(31-15-18(24)23(27)28)13-22(19)33(29,30)25(17)2/h6-8,10-13,15,17,29-30H,4-5,9,14H2,1-3H3,(H,27,28)/b18-15-. The van der Waals surface area contributed by atoms with Crippen molar-refractivity contribution >= 4 is 39.9 Å². The van der Waals surface area contributed by atoms with E-state index in [0.717, 1.165) is 24.9 Å². The Morgan fingerprint density at radius 1 is 1.30 bits per heavy atom. The normalized spacial score (nSPS) is 19.5. The van der Waals surface area contributed by atoms with Crippen molar-refractivity contribution in [2.24, 2.45) is 0 Å². The van der Waals surface area contributed by atoms with E-state index in [4.69, 9.17) is 9.84 Å². The molecule has 7 nitrogen and oxygen atoms in total. The second kappa shape index (κ2) is 10.8. The summed E-state index contributed by atoms with van der Waals surface area (Å²) in [5.74, 6) is -3.05. The number of halogens is 1. The Kier molecular flexibility index (Phi) is 8.30. The maximum absolute atomic E-state index is 13.5. The van der Waals surface area contributed by atoms with Gasteiger partial charge < -0.3 is 14.7 Å². The molecular weight excluding hydrogens is 467 g/mol. The Hall–Kier alpha value is -2.24. The second-order valence-electron chi connectivity index (χ2n) is 7.67. The Balaban J connectivity index is 2.19. The van der Waals surface area contributed by atoms with E-state index in [1.54, 1.807) is 17.4 Å². The number of likely N-dealkylation sites (N-methyl/N-ethyl adjacent to an activating group) is 1. The van der Waals surface area contributed by atoms with E-state index in [9.17, 15) is 18.3 Å². The highest BCUT2D eigenvalue weighted by Crippen LogP contribution is 2.60. The molecule has 2 aromatic rings. The van der Waals surface area contributed by atoms with Gasteiger partial charge in [0.15, 0.2) is 0 Å². The summed E-state index contributed by atoms with van der Waals surface area (Å²) in [5, 5.41) is 8.78. The lowest BCUT2D eigenvalue weighted by atomic mass is 10.1. The van der Waals surface area contributed by atoms with E-state index >= 15 is 0 Å². The molecule has 2 aromatic carbocycles. The Labute approximate surface area is 199 Å². The quantitative estimate of drug-likeness (QED) is 0.221. The molecule has 0 saturated heterocycles. The fourth-order valence-electron chi connectivity index (χ4n) is 3.73. The Bertz CT molecular complexity index is 1020. The smallest absolute Gasteiger partial charge is 0.368 e. The van der Waals surface area contributed by atoms with Crippen LogP contribution in [-0.2, 0) is 4.79 Å². The largest absolute Gasteiger partial charge is 0.476 e. The van der Waals surface area contributed by atoms with Gasteiger partial charge in [-0.3, -0.25) is 9.11 Å². The van der Waals surface area contributed by atoms with E-state index in [2.05, 4.69) is 11.8 Å². The molecule has 0 spiro atoms. The van der Waals surface area contributed by atoms with Crippen LogP contribution < -0.4 is 9.64 Å². The number of nitrogens with zero attached hydrogens (tertiary/aromatic N) is 2. The predicted molar refractivity (Wildman–Crippen MR) is 131 cm³/mol.